The summed E-state index contributed by atoms with van der Waals surface area (Å²) in [5, 5.41) is 7.80. The summed E-state index contributed by atoms with van der Waals surface area (Å²) in [6.07, 6.45) is 1.67. The third-order valence-corrected chi connectivity index (χ3v) is 4.27. The third kappa shape index (κ3) is 3.29. The largest absolute Gasteiger partial charge is 0.345 e. The first-order chi connectivity index (χ1) is 12.3. The van der Waals surface area contributed by atoms with Crippen LogP contribution in [0.1, 0.15) is 54.5 Å². The van der Waals surface area contributed by atoms with Gasteiger partial charge in [-0.25, -0.2) is 18.4 Å². The van der Waals surface area contributed by atoms with Crippen LogP contribution in [0.5, 0.6) is 0 Å². The van der Waals surface area contributed by atoms with Gasteiger partial charge in [-0.3, -0.25) is 4.79 Å². The highest BCUT2D eigenvalue weighted by Crippen LogP contribution is 2.21. The minimum Gasteiger partial charge on any atom is -0.345 e. The molecule has 2 heterocycles. The molecule has 0 aliphatic rings. The van der Waals surface area contributed by atoms with E-state index < -0.39 is 17.7 Å². The molecule has 5 nitrogen and oxygen atoms in total. The third-order valence-electron chi connectivity index (χ3n) is 4.27. The van der Waals surface area contributed by atoms with Gasteiger partial charge in [0.15, 0.2) is 5.65 Å². The molecular formula is C19H20F2N4O. The van der Waals surface area contributed by atoms with Crippen molar-refractivity contribution in [2.75, 3.05) is 0 Å². The van der Waals surface area contributed by atoms with Crippen molar-refractivity contribution in [2.24, 2.45) is 0 Å². The van der Waals surface area contributed by atoms with E-state index in [9.17, 15) is 13.6 Å². The first-order valence-electron chi connectivity index (χ1n) is 8.38. The fourth-order valence-electron chi connectivity index (χ4n) is 2.88. The van der Waals surface area contributed by atoms with E-state index in [1.54, 1.807) is 30.8 Å². The van der Waals surface area contributed by atoms with Crippen LogP contribution in [-0.4, -0.2) is 20.7 Å². The molecule has 26 heavy (non-hydrogen) atoms. The second-order valence-electron chi connectivity index (χ2n) is 6.58. The number of nitrogens with zero attached hydrogens (tertiary/aromatic N) is 3. The van der Waals surface area contributed by atoms with Crippen LogP contribution in [-0.2, 0) is 0 Å². The summed E-state index contributed by atoms with van der Waals surface area (Å²) in [7, 11) is 0. The van der Waals surface area contributed by atoms with Crippen molar-refractivity contribution in [1.29, 1.82) is 0 Å². The molecule has 0 aliphatic heterocycles. The lowest BCUT2D eigenvalue weighted by Crippen LogP contribution is -2.28. The Morgan fingerprint density at radius 2 is 1.92 bits per heavy atom. The molecule has 1 atom stereocenters. The van der Waals surface area contributed by atoms with Crippen LogP contribution in [0.2, 0.25) is 0 Å². The molecule has 0 radical (unpaired) electrons. The molecule has 3 aromatic rings. The van der Waals surface area contributed by atoms with E-state index >= 15 is 0 Å². The minimum atomic E-state index is -0.693. The minimum absolute atomic E-state index is 0.153. The van der Waals surface area contributed by atoms with Crippen molar-refractivity contribution in [2.45, 2.75) is 39.8 Å². The Balaban J connectivity index is 1.88. The summed E-state index contributed by atoms with van der Waals surface area (Å²) in [5.74, 6) is -1.72. The average molecular weight is 358 g/mol. The molecule has 0 saturated heterocycles. The number of amides is 1. The van der Waals surface area contributed by atoms with Gasteiger partial charge in [-0.2, -0.15) is 5.10 Å². The lowest BCUT2D eigenvalue weighted by molar-refractivity contribution is 0.0938. The number of hydrogen-bond acceptors (Lipinski definition) is 3. The highest BCUT2D eigenvalue weighted by Gasteiger charge is 2.19. The summed E-state index contributed by atoms with van der Waals surface area (Å²) in [6.45, 7) is 7.40. The maximum absolute atomic E-state index is 13.9. The second kappa shape index (κ2) is 6.82. The van der Waals surface area contributed by atoms with Gasteiger partial charge in [0.2, 0.25) is 0 Å². The number of aryl methyl sites for hydroxylation is 1. The van der Waals surface area contributed by atoms with Crippen LogP contribution in [0.25, 0.3) is 11.0 Å². The Labute approximate surface area is 150 Å². The molecule has 7 heteroatoms. The van der Waals surface area contributed by atoms with Gasteiger partial charge >= 0.3 is 0 Å². The van der Waals surface area contributed by atoms with Gasteiger partial charge in [-0.1, -0.05) is 6.07 Å². The van der Waals surface area contributed by atoms with Crippen molar-refractivity contribution in [1.82, 2.24) is 20.1 Å². The first-order valence-corrected chi connectivity index (χ1v) is 8.38. The lowest BCUT2D eigenvalue weighted by atomic mass is 10.1. The number of pyridine rings is 1. The van der Waals surface area contributed by atoms with E-state index in [4.69, 9.17) is 0 Å². The first kappa shape index (κ1) is 18.0. The monoisotopic (exact) mass is 358 g/mol. The quantitative estimate of drug-likeness (QED) is 0.764. The zero-order valence-electron chi connectivity index (χ0n) is 15.0. The van der Waals surface area contributed by atoms with Crippen LogP contribution in [0, 0.1) is 18.6 Å². The topological polar surface area (TPSA) is 59.8 Å². The van der Waals surface area contributed by atoms with E-state index in [0.29, 0.717) is 16.9 Å². The highest BCUT2D eigenvalue weighted by molar-refractivity contribution is 5.98. The van der Waals surface area contributed by atoms with E-state index in [1.165, 1.54) is 12.1 Å². The molecule has 0 fully saturated rings. The average Bonchev–Trinajstić information content (AvgIpc) is 2.96. The maximum Gasteiger partial charge on any atom is 0.253 e. The number of rotatable bonds is 4. The van der Waals surface area contributed by atoms with Crippen LogP contribution in [0.4, 0.5) is 8.78 Å². The summed E-state index contributed by atoms with van der Waals surface area (Å²) >= 11 is 0. The van der Waals surface area contributed by atoms with Gasteiger partial charge in [0.1, 0.15) is 11.6 Å². The number of carbonyl (C=O) groups is 1. The van der Waals surface area contributed by atoms with Gasteiger partial charge in [-0.15, -0.1) is 0 Å². The zero-order valence-corrected chi connectivity index (χ0v) is 15.0. The molecule has 1 aromatic carbocycles. The van der Waals surface area contributed by atoms with Crippen molar-refractivity contribution >= 4 is 16.9 Å². The molecule has 136 valence electrons. The Morgan fingerprint density at radius 3 is 2.58 bits per heavy atom. The van der Waals surface area contributed by atoms with E-state index in [0.717, 1.165) is 11.5 Å². The molecule has 0 saturated carbocycles. The second-order valence-corrected chi connectivity index (χ2v) is 6.58. The number of halogens is 2. The Morgan fingerprint density at radius 1 is 1.19 bits per heavy atom. The maximum atomic E-state index is 13.9. The number of fused-ring (bicyclic) bond motifs is 1. The Kier molecular flexibility index (Phi) is 4.71. The molecular weight excluding hydrogens is 338 g/mol. The predicted molar refractivity (Wildman–Crippen MR) is 94.9 cm³/mol. The molecule has 0 bridgehead atoms. The van der Waals surface area contributed by atoms with Gasteiger partial charge < -0.3 is 5.32 Å². The van der Waals surface area contributed by atoms with Crippen molar-refractivity contribution in [3.63, 3.8) is 0 Å². The zero-order chi connectivity index (χ0) is 19.0. The fourth-order valence-corrected chi connectivity index (χ4v) is 2.88. The van der Waals surface area contributed by atoms with Crippen LogP contribution < -0.4 is 5.32 Å². The smallest absolute Gasteiger partial charge is 0.253 e. The summed E-state index contributed by atoms with van der Waals surface area (Å²) in [4.78, 5) is 17.1. The molecule has 0 aliphatic carbocycles. The standard InChI is InChI=1S/C19H20F2N4O/c1-10(2)25-18-13(9-22-25)7-16(12(4)23-18)19(26)24-11(3)15-6-5-14(20)8-17(15)21/h5-11H,1-4H3,(H,24,26)/t11-/m0/s1. The lowest BCUT2D eigenvalue weighted by Gasteiger charge is -2.16. The summed E-state index contributed by atoms with van der Waals surface area (Å²) < 4.78 is 28.8. The molecule has 3 rings (SSSR count). The summed E-state index contributed by atoms with van der Waals surface area (Å²) in [5.41, 5.74) is 1.89. The number of carbonyl (C=O) groups excluding carboxylic acids is 1. The van der Waals surface area contributed by atoms with E-state index in [2.05, 4.69) is 15.4 Å². The number of aromatic nitrogens is 3. The molecule has 0 unspecified atom stereocenters. The van der Waals surface area contributed by atoms with Crippen molar-refractivity contribution in [3.8, 4) is 0 Å². The molecule has 1 amide bonds. The van der Waals surface area contributed by atoms with Crippen molar-refractivity contribution in [3.05, 3.63) is 58.9 Å². The normalized spacial score (nSPS) is 12.6. The molecule has 2 aromatic heterocycles. The van der Waals surface area contributed by atoms with Gasteiger partial charge in [0, 0.05) is 23.1 Å². The Bertz CT molecular complexity index is 981. The van der Waals surface area contributed by atoms with Crippen molar-refractivity contribution < 1.29 is 13.6 Å². The highest BCUT2D eigenvalue weighted by atomic mass is 19.1. The van der Waals surface area contributed by atoms with Crippen LogP contribution in [0.3, 0.4) is 0 Å². The number of benzene rings is 1. The fraction of sp³-hybridized carbons (Fsp3) is 0.316. The van der Waals surface area contributed by atoms with Gasteiger partial charge in [-0.05, 0) is 39.8 Å². The van der Waals surface area contributed by atoms with Crippen LogP contribution >= 0.6 is 0 Å². The number of nitrogens with one attached hydrogen (secondary N) is 1. The number of hydrogen-bond donors (Lipinski definition) is 1. The van der Waals surface area contributed by atoms with E-state index in [-0.39, 0.29) is 17.5 Å². The van der Waals surface area contributed by atoms with E-state index in [1.807, 2.05) is 13.8 Å². The molecule has 0 spiro atoms. The Hall–Kier alpha value is -2.83. The van der Waals surface area contributed by atoms with Gasteiger partial charge in [0.05, 0.1) is 23.5 Å². The van der Waals surface area contributed by atoms with Gasteiger partial charge in [0.25, 0.3) is 5.91 Å². The van der Waals surface area contributed by atoms with Crippen LogP contribution in [0.15, 0.2) is 30.5 Å². The molecule has 1 N–H and O–H groups in total. The SMILES string of the molecule is Cc1nc2c(cnn2C(C)C)cc1C(=O)N[C@@H](C)c1ccc(F)cc1F. The predicted octanol–water partition coefficient (Wildman–Crippen LogP) is 4.09. The summed E-state index contributed by atoms with van der Waals surface area (Å²) in [6, 6.07) is 4.57.